The minimum atomic E-state index is -4.35. The maximum absolute atomic E-state index is 12.5. The second-order valence-corrected chi connectivity index (χ2v) is 6.70. The fourth-order valence-corrected chi connectivity index (χ4v) is 3.20. The molecule has 1 aromatic carbocycles. The Hall–Kier alpha value is -2.05. The average molecular weight is 357 g/mol. The van der Waals surface area contributed by atoms with Gasteiger partial charge in [0.15, 0.2) is 0 Å². The molecular formula is C18H22F3NO3. The van der Waals surface area contributed by atoms with Crippen molar-refractivity contribution in [2.75, 3.05) is 0 Å². The molecule has 0 aromatic heterocycles. The van der Waals surface area contributed by atoms with Gasteiger partial charge in [-0.25, -0.2) is 0 Å². The number of hydrogen-bond acceptors (Lipinski definition) is 2. The van der Waals surface area contributed by atoms with Gasteiger partial charge >= 0.3 is 12.1 Å². The first-order valence-electron chi connectivity index (χ1n) is 8.36. The Bertz CT molecular complexity index is 605. The standard InChI is InChI=1S/C18H22F3NO3/c1-11(10-12-2-8-15(9-3-12)18(19,20)21)22-16(23)13-4-6-14(7-5-13)17(24)25/h2-3,8-9,11,13-14H,4-7,10H2,1H3,(H,22,23)(H,24,25). The summed E-state index contributed by atoms with van der Waals surface area (Å²) in [6.45, 7) is 1.80. The van der Waals surface area contributed by atoms with E-state index in [9.17, 15) is 22.8 Å². The van der Waals surface area contributed by atoms with Crippen LogP contribution in [0.15, 0.2) is 24.3 Å². The van der Waals surface area contributed by atoms with Gasteiger partial charge in [0.1, 0.15) is 0 Å². The zero-order valence-corrected chi connectivity index (χ0v) is 14.0. The average Bonchev–Trinajstić information content (AvgIpc) is 2.54. The lowest BCUT2D eigenvalue weighted by atomic mass is 9.81. The molecule has 1 amide bonds. The molecule has 0 saturated heterocycles. The molecule has 4 nitrogen and oxygen atoms in total. The Morgan fingerprint density at radius 3 is 2.12 bits per heavy atom. The monoisotopic (exact) mass is 357 g/mol. The lowest BCUT2D eigenvalue weighted by Crippen LogP contribution is -2.40. The molecule has 1 aliphatic rings. The SMILES string of the molecule is CC(Cc1ccc(C(F)(F)F)cc1)NC(=O)C1CCC(C(=O)O)CC1. The molecule has 0 bridgehead atoms. The molecule has 1 aliphatic carbocycles. The molecule has 2 N–H and O–H groups in total. The van der Waals surface area contributed by atoms with Gasteiger partial charge in [0.25, 0.3) is 0 Å². The number of aliphatic carboxylic acids is 1. The van der Waals surface area contributed by atoms with Crippen molar-refractivity contribution in [1.82, 2.24) is 5.32 Å². The van der Waals surface area contributed by atoms with Crippen LogP contribution in [-0.4, -0.2) is 23.0 Å². The molecule has 0 aliphatic heterocycles. The summed E-state index contributed by atoms with van der Waals surface area (Å²) >= 11 is 0. The largest absolute Gasteiger partial charge is 0.481 e. The van der Waals surface area contributed by atoms with E-state index >= 15 is 0 Å². The highest BCUT2D eigenvalue weighted by Crippen LogP contribution is 2.30. The van der Waals surface area contributed by atoms with Gasteiger partial charge in [-0.3, -0.25) is 9.59 Å². The van der Waals surface area contributed by atoms with Crippen LogP contribution in [0.4, 0.5) is 13.2 Å². The molecule has 1 unspecified atom stereocenters. The van der Waals surface area contributed by atoms with E-state index in [2.05, 4.69) is 5.32 Å². The van der Waals surface area contributed by atoms with E-state index in [0.717, 1.165) is 17.7 Å². The van der Waals surface area contributed by atoms with E-state index in [1.54, 1.807) is 6.92 Å². The van der Waals surface area contributed by atoms with Gasteiger partial charge in [0.2, 0.25) is 5.91 Å². The van der Waals surface area contributed by atoms with Gasteiger partial charge in [-0.2, -0.15) is 13.2 Å². The number of rotatable bonds is 5. The number of carbonyl (C=O) groups is 2. The number of carboxylic acid groups (broad SMARTS) is 1. The number of benzene rings is 1. The number of carbonyl (C=O) groups excluding carboxylic acids is 1. The fraction of sp³-hybridized carbons (Fsp3) is 0.556. The van der Waals surface area contributed by atoms with Crippen LogP contribution in [0.5, 0.6) is 0 Å². The molecule has 1 atom stereocenters. The zero-order chi connectivity index (χ0) is 18.6. The number of carboxylic acids is 1. The normalized spacial score (nSPS) is 22.2. The maximum atomic E-state index is 12.5. The van der Waals surface area contributed by atoms with Crippen LogP contribution in [-0.2, 0) is 22.2 Å². The summed E-state index contributed by atoms with van der Waals surface area (Å²) in [4.78, 5) is 23.2. The van der Waals surface area contributed by atoms with Gasteiger partial charge in [0, 0.05) is 12.0 Å². The number of alkyl halides is 3. The highest BCUT2D eigenvalue weighted by molar-refractivity contribution is 5.79. The van der Waals surface area contributed by atoms with Crippen LogP contribution >= 0.6 is 0 Å². The minimum Gasteiger partial charge on any atom is -0.481 e. The second-order valence-electron chi connectivity index (χ2n) is 6.70. The molecule has 0 radical (unpaired) electrons. The Morgan fingerprint density at radius 1 is 1.12 bits per heavy atom. The van der Waals surface area contributed by atoms with Gasteiger partial charge in [0.05, 0.1) is 11.5 Å². The number of amides is 1. The van der Waals surface area contributed by atoms with E-state index < -0.39 is 17.7 Å². The topological polar surface area (TPSA) is 66.4 Å². The second kappa shape index (κ2) is 7.89. The number of halogens is 3. The summed E-state index contributed by atoms with van der Waals surface area (Å²) in [6.07, 6.45) is -1.81. The first-order valence-corrected chi connectivity index (χ1v) is 8.36. The highest BCUT2D eigenvalue weighted by atomic mass is 19.4. The van der Waals surface area contributed by atoms with Gasteiger partial charge in [-0.1, -0.05) is 12.1 Å². The van der Waals surface area contributed by atoms with E-state index in [-0.39, 0.29) is 23.8 Å². The van der Waals surface area contributed by atoms with Crippen LogP contribution in [0.2, 0.25) is 0 Å². The molecule has 25 heavy (non-hydrogen) atoms. The van der Waals surface area contributed by atoms with Crippen molar-refractivity contribution >= 4 is 11.9 Å². The predicted octanol–water partition coefficient (Wildman–Crippen LogP) is 3.64. The van der Waals surface area contributed by atoms with Crippen molar-refractivity contribution in [3.63, 3.8) is 0 Å². The smallest absolute Gasteiger partial charge is 0.416 e. The molecule has 1 saturated carbocycles. The summed E-state index contributed by atoms with van der Waals surface area (Å²) in [6, 6.07) is 4.71. The van der Waals surface area contributed by atoms with Crippen LogP contribution in [0.1, 0.15) is 43.7 Å². The summed E-state index contributed by atoms with van der Waals surface area (Å²) in [5.74, 6) is -1.47. The molecule has 0 spiro atoms. The first-order chi connectivity index (χ1) is 11.7. The molecule has 7 heteroatoms. The van der Waals surface area contributed by atoms with E-state index in [1.807, 2.05) is 0 Å². The first kappa shape index (κ1) is 19.3. The van der Waals surface area contributed by atoms with Gasteiger partial charge in [-0.15, -0.1) is 0 Å². The van der Waals surface area contributed by atoms with Crippen molar-refractivity contribution in [2.24, 2.45) is 11.8 Å². The molecule has 1 aromatic rings. The third-order valence-corrected chi connectivity index (χ3v) is 4.66. The third-order valence-electron chi connectivity index (χ3n) is 4.66. The molecule has 1 fully saturated rings. The maximum Gasteiger partial charge on any atom is 0.416 e. The van der Waals surface area contributed by atoms with Crippen LogP contribution in [0.25, 0.3) is 0 Å². The van der Waals surface area contributed by atoms with Crippen LogP contribution in [0.3, 0.4) is 0 Å². The number of nitrogens with one attached hydrogen (secondary N) is 1. The van der Waals surface area contributed by atoms with Crippen molar-refractivity contribution < 1.29 is 27.9 Å². The summed E-state index contributed by atoms with van der Waals surface area (Å²) in [5.41, 5.74) is 0.0264. The summed E-state index contributed by atoms with van der Waals surface area (Å²) < 4.78 is 37.6. The van der Waals surface area contributed by atoms with Gasteiger partial charge in [-0.05, 0) is 56.7 Å². The third kappa shape index (κ3) is 5.47. The van der Waals surface area contributed by atoms with Crippen LogP contribution < -0.4 is 5.32 Å². The van der Waals surface area contributed by atoms with Crippen LogP contribution in [0, 0.1) is 11.8 Å². The Balaban J connectivity index is 1.83. The predicted molar refractivity (Wildman–Crippen MR) is 85.8 cm³/mol. The molecule has 2 rings (SSSR count). The van der Waals surface area contributed by atoms with E-state index in [0.29, 0.717) is 32.1 Å². The van der Waals surface area contributed by atoms with Crippen molar-refractivity contribution in [3.05, 3.63) is 35.4 Å². The lowest BCUT2D eigenvalue weighted by molar-refractivity contribution is -0.144. The Morgan fingerprint density at radius 2 is 1.64 bits per heavy atom. The van der Waals surface area contributed by atoms with E-state index in [1.165, 1.54) is 12.1 Å². The minimum absolute atomic E-state index is 0.108. The van der Waals surface area contributed by atoms with Crippen molar-refractivity contribution in [1.29, 1.82) is 0 Å². The molecule has 0 heterocycles. The zero-order valence-electron chi connectivity index (χ0n) is 14.0. The molecule has 138 valence electrons. The fourth-order valence-electron chi connectivity index (χ4n) is 3.20. The summed E-state index contributed by atoms with van der Waals surface area (Å²) in [5, 5.41) is 11.8. The van der Waals surface area contributed by atoms with Gasteiger partial charge < -0.3 is 10.4 Å². The quantitative estimate of drug-likeness (QED) is 0.845. The Labute approximate surface area is 144 Å². The molecular weight excluding hydrogens is 335 g/mol. The number of hydrogen-bond donors (Lipinski definition) is 2. The summed E-state index contributed by atoms with van der Waals surface area (Å²) in [7, 11) is 0. The Kier molecular flexibility index (Phi) is 6.08. The van der Waals surface area contributed by atoms with Crippen molar-refractivity contribution in [3.8, 4) is 0 Å². The van der Waals surface area contributed by atoms with E-state index in [4.69, 9.17) is 5.11 Å². The van der Waals surface area contributed by atoms with Crippen molar-refractivity contribution in [2.45, 2.75) is 51.2 Å². The highest BCUT2D eigenvalue weighted by Gasteiger charge is 2.31. The lowest BCUT2D eigenvalue weighted by Gasteiger charge is -2.26.